The fourth-order valence-corrected chi connectivity index (χ4v) is 4.50. The van der Waals surface area contributed by atoms with Crippen molar-refractivity contribution >= 4 is 17.1 Å². The normalized spacial score (nSPS) is 22.1. The van der Waals surface area contributed by atoms with Crippen LogP contribution in [0.5, 0.6) is 5.75 Å². The molecule has 1 heterocycles. The van der Waals surface area contributed by atoms with Crippen molar-refractivity contribution in [1.82, 2.24) is 0 Å². The van der Waals surface area contributed by atoms with E-state index < -0.39 is 0 Å². The summed E-state index contributed by atoms with van der Waals surface area (Å²) in [5, 5.41) is 7.33. The number of methoxy groups -OCH3 is 1. The van der Waals surface area contributed by atoms with Crippen LogP contribution in [-0.4, -0.2) is 7.11 Å². The molecule has 5 rings (SSSR count). The molecule has 3 unspecified atom stereocenters. The van der Waals surface area contributed by atoms with Gasteiger partial charge in [-0.05, 0) is 65.9 Å². The summed E-state index contributed by atoms with van der Waals surface area (Å²) >= 11 is 0. The summed E-state index contributed by atoms with van der Waals surface area (Å²) < 4.78 is 5.32. The molecule has 0 fully saturated rings. The molecule has 140 valence electrons. The maximum atomic E-state index is 5.32. The van der Waals surface area contributed by atoms with Gasteiger partial charge in [0.05, 0.1) is 13.2 Å². The summed E-state index contributed by atoms with van der Waals surface area (Å²) in [7, 11) is 1.71. The zero-order chi connectivity index (χ0) is 18.9. The Hall–Kier alpha value is -3.20. The summed E-state index contributed by atoms with van der Waals surface area (Å²) in [4.78, 5) is 0. The molecule has 0 saturated carbocycles. The second-order valence-corrected chi connectivity index (χ2v) is 7.54. The third-order valence-electron chi connectivity index (χ3n) is 5.90. The van der Waals surface area contributed by atoms with Crippen molar-refractivity contribution in [3.63, 3.8) is 0 Å². The molecular formula is C25H24N2O. The van der Waals surface area contributed by atoms with Crippen LogP contribution < -0.4 is 15.4 Å². The Morgan fingerprint density at radius 1 is 0.929 bits per heavy atom. The van der Waals surface area contributed by atoms with Gasteiger partial charge in [0, 0.05) is 23.0 Å². The molecule has 3 aromatic carbocycles. The lowest BCUT2D eigenvalue weighted by atomic mass is 9.77. The number of nitrogens with one attached hydrogen (secondary N) is 2. The van der Waals surface area contributed by atoms with Gasteiger partial charge < -0.3 is 15.4 Å². The number of allylic oxidation sites excluding steroid dienone is 2. The van der Waals surface area contributed by atoms with Crippen LogP contribution in [0.3, 0.4) is 0 Å². The van der Waals surface area contributed by atoms with Gasteiger partial charge in [-0.25, -0.2) is 0 Å². The average molecular weight is 368 g/mol. The number of ether oxygens (including phenoxy) is 1. The van der Waals surface area contributed by atoms with Gasteiger partial charge in [-0.1, -0.05) is 42.5 Å². The van der Waals surface area contributed by atoms with E-state index in [1.165, 1.54) is 16.8 Å². The summed E-state index contributed by atoms with van der Waals surface area (Å²) in [5.41, 5.74) is 6.17. The van der Waals surface area contributed by atoms with Gasteiger partial charge in [-0.15, -0.1) is 0 Å². The summed E-state index contributed by atoms with van der Waals surface area (Å²) in [5.74, 6) is 1.88. The molecule has 0 radical (unpaired) electrons. The first-order chi connectivity index (χ1) is 13.8. The van der Waals surface area contributed by atoms with Crippen molar-refractivity contribution in [2.24, 2.45) is 5.92 Å². The predicted octanol–water partition coefficient (Wildman–Crippen LogP) is 6.27. The molecule has 3 aromatic rings. The fraction of sp³-hybridized carbons (Fsp3) is 0.200. The van der Waals surface area contributed by atoms with Crippen molar-refractivity contribution in [3.8, 4) is 5.75 Å². The second-order valence-electron chi connectivity index (χ2n) is 7.54. The third-order valence-corrected chi connectivity index (χ3v) is 5.90. The minimum atomic E-state index is 0.311. The van der Waals surface area contributed by atoms with Crippen molar-refractivity contribution in [2.45, 2.75) is 18.4 Å². The molecule has 0 amide bonds. The third kappa shape index (κ3) is 3.03. The van der Waals surface area contributed by atoms with Crippen molar-refractivity contribution in [3.05, 3.63) is 96.1 Å². The molecule has 2 N–H and O–H groups in total. The van der Waals surface area contributed by atoms with E-state index in [1.54, 1.807) is 7.11 Å². The molecule has 2 aliphatic rings. The molecule has 28 heavy (non-hydrogen) atoms. The fourth-order valence-electron chi connectivity index (χ4n) is 4.50. The Labute approximate surface area is 166 Å². The van der Waals surface area contributed by atoms with E-state index >= 15 is 0 Å². The van der Waals surface area contributed by atoms with Crippen molar-refractivity contribution < 1.29 is 4.74 Å². The highest BCUT2D eigenvalue weighted by Gasteiger charge is 2.37. The van der Waals surface area contributed by atoms with E-state index in [2.05, 4.69) is 89.5 Å². The number of benzene rings is 3. The van der Waals surface area contributed by atoms with Crippen LogP contribution in [0.2, 0.25) is 0 Å². The molecule has 1 aliphatic heterocycles. The topological polar surface area (TPSA) is 33.3 Å². The zero-order valence-corrected chi connectivity index (χ0v) is 15.9. The van der Waals surface area contributed by atoms with Gasteiger partial charge in [0.2, 0.25) is 0 Å². The first kappa shape index (κ1) is 16.9. The van der Waals surface area contributed by atoms with Crippen LogP contribution in [0.25, 0.3) is 0 Å². The summed E-state index contributed by atoms with van der Waals surface area (Å²) in [6.07, 6.45) is 5.82. The van der Waals surface area contributed by atoms with Crippen LogP contribution in [0, 0.1) is 5.92 Å². The van der Waals surface area contributed by atoms with E-state index in [0.29, 0.717) is 17.9 Å². The van der Waals surface area contributed by atoms with E-state index in [0.717, 1.165) is 23.5 Å². The highest BCUT2D eigenvalue weighted by molar-refractivity contribution is 5.68. The Kier molecular flexibility index (Phi) is 4.28. The van der Waals surface area contributed by atoms with Crippen LogP contribution in [0.15, 0.2) is 84.9 Å². The Balaban J connectivity index is 1.46. The molecule has 1 aliphatic carbocycles. The maximum Gasteiger partial charge on any atom is 0.118 e. The molecule has 3 heteroatoms. The maximum absolute atomic E-state index is 5.32. The quantitative estimate of drug-likeness (QED) is 0.533. The Bertz CT molecular complexity index is 995. The van der Waals surface area contributed by atoms with Crippen molar-refractivity contribution in [2.75, 3.05) is 17.7 Å². The molecule has 0 saturated heterocycles. The molecule has 0 bridgehead atoms. The monoisotopic (exact) mass is 368 g/mol. The average Bonchev–Trinajstić information content (AvgIpc) is 3.24. The summed E-state index contributed by atoms with van der Waals surface area (Å²) in [6, 6.07) is 25.8. The van der Waals surface area contributed by atoms with Gasteiger partial charge >= 0.3 is 0 Å². The number of anilines is 3. The number of fused-ring (bicyclic) bond motifs is 3. The minimum Gasteiger partial charge on any atom is -0.497 e. The first-order valence-electron chi connectivity index (χ1n) is 9.85. The lowest BCUT2D eigenvalue weighted by Crippen LogP contribution is -2.29. The molecular weight excluding hydrogens is 344 g/mol. The van der Waals surface area contributed by atoms with E-state index in [4.69, 9.17) is 4.74 Å². The lowest BCUT2D eigenvalue weighted by molar-refractivity contribution is 0.411. The Morgan fingerprint density at radius 2 is 1.75 bits per heavy atom. The molecule has 3 atom stereocenters. The van der Waals surface area contributed by atoms with Crippen molar-refractivity contribution in [1.29, 1.82) is 0 Å². The van der Waals surface area contributed by atoms with E-state index in [-0.39, 0.29) is 0 Å². The highest BCUT2D eigenvalue weighted by atomic mass is 16.5. The van der Waals surface area contributed by atoms with Crippen LogP contribution >= 0.6 is 0 Å². The van der Waals surface area contributed by atoms with E-state index in [1.807, 2.05) is 6.07 Å². The van der Waals surface area contributed by atoms with E-state index in [9.17, 15) is 0 Å². The molecule has 0 aromatic heterocycles. The van der Waals surface area contributed by atoms with Crippen LogP contribution in [0.4, 0.5) is 17.1 Å². The first-order valence-corrected chi connectivity index (χ1v) is 9.85. The van der Waals surface area contributed by atoms with Crippen LogP contribution in [-0.2, 0) is 0 Å². The van der Waals surface area contributed by atoms with Gasteiger partial charge in [0.15, 0.2) is 0 Å². The standard InChI is InChI=1S/C25H24N2O/c1-28-20-13-10-17(11-14-20)25-22-9-5-8-21(22)23-16-19(12-15-24(23)27-25)26-18-6-3-2-4-7-18/h2-8,10-16,21-22,25-27H,9H2,1H3. The van der Waals surface area contributed by atoms with Crippen LogP contribution in [0.1, 0.15) is 29.5 Å². The van der Waals surface area contributed by atoms with Gasteiger partial charge in [0.25, 0.3) is 0 Å². The number of rotatable bonds is 4. The smallest absolute Gasteiger partial charge is 0.118 e. The molecule has 0 spiro atoms. The minimum absolute atomic E-state index is 0.311. The SMILES string of the molecule is COc1ccc(C2Nc3ccc(Nc4ccccc4)cc3C3C=CCC32)cc1. The molecule has 3 nitrogen and oxygen atoms in total. The zero-order valence-electron chi connectivity index (χ0n) is 15.9. The lowest BCUT2D eigenvalue weighted by Gasteiger charge is -2.37. The van der Waals surface area contributed by atoms with Gasteiger partial charge in [0.1, 0.15) is 5.75 Å². The van der Waals surface area contributed by atoms with Gasteiger partial charge in [-0.3, -0.25) is 0 Å². The predicted molar refractivity (Wildman–Crippen MR) is 116 cm³/mol. The Morgan fingerprint density at radius 3 is 2.54 bits per heavy atom. The number of para-hydroxylation sites is 1. The highest BCUT2D eigenvalue weighted by Crippen LogP contribution is 2.50. The summed E-state index contributed by atoms with van der Waals surface area (Å²) in [6.45, 7) is 0. The number of hydrogen-bond donors (Lipinski definition) is 2. The second kappa shape index (κ2) is 7.08. The van der Waals surface area contributed by atoms with Gasteiger partial charge in [-0.2, -0.15) is 0 Å². The largest absolute Gasteiger partial charge is 0.497 e. The number of hydrogen-bond acceptors (Lipinski definition) is 3.